The van der Waals surface area contributed by atoms with Gasteiger partial charge < -0.3 is 15.4 Å². The van der Waals surface area contributed by atoms with Gasteiger partial charge in [0.25, 0.3) is 0 Å². The van der Waals surface area contributed by atoms with Crippen LogP contribution in [0, 0.1) is 5.41 Å². The Morgan fingerprint density at radius 2 is 1.57 bits per heavy atom. The molecule has 0 radical (unpaired) electrons. The molecule has 23 heavy (non-hydrogen) atoms. The van der Waals surface area contributed by atoms with Crippen molar-refractivity contribution in [3.05, 3.63) is 29.8 Å². The van der Waals surface area contributed by atoms with E-state index in [-0.39, 0.29) is 17.4 Å². The summed E-state index contributed by atoms with van der Waals surface area (Å²) in [5.41, 5.74) is -0.367. The van der Waals surface area contributed by atoms with E-state index in [0.717, 1.165) is 11.3 Å². The highest BCUT2D eigenvalue weighted by atomic mass is 16.5. The Morgan fingerprint density at radius 1 is 1.00 bits per heavy atom. The molecule has 2 amide bonds. The maximum absolute atomic E-state index is 12.3. The summed E-state index contributed by atoms with van der Waals surface area (Å²) in [5, 5.41) is 5.68. The van der Waals surface area contributed by atoms with E-state index in [2.05, 4.69) is 10.6 Å². The average molecular weight is 320 g/mol. The first-order chi connectivity index (χ1) is 10.6. The maximum atomic E-state index is 12.3. The number of carbonyl (C=O) groups is 2. The van der Waals surface area contributed by atoms with Gasteiger partial charge in [-0.05, 0) is 58.7 Å². The average Bonchev–Trinajstić information content (AvgIpc) is 2.46. The molecule has 0 unspecified atom stereocenters. The normalized spacial score (nSPS) is 11.7. The van der Waals surface area contributed by atoms with Crippen molar-refractivity contribution in [1.29, 1.82) is 0 Å². The van der Waals surface area contributed by atoms with Gasteiger partial charge in [-0.1, -0.05) is 12.1 Å². The molecule has 0 fully saturated rings. The van der Waals surface area contributed by atoms with Crippen LogP contribution in [0.25, 0.3) is 0 Å². The van der Waals surface area contributed by atoms with Gasteiger partial charge in [-0.25, -0.2) is 0 Å². The monoisotopic (exact) mass is 320 g/mol. The summed E-state index contributed by atoms with van der Waals surface area (Å²) in [6, 6.07) is 7.70. The fraction of sp³-hybridized carbons (Fsp3) is 0.556. The third-order valence-electron chi connectivity index (χ3n) is 3.48. The minimum Gasteiger partial charge on any atom is -0.497 e. The molecule has 0 saturated heterocycles. The minimum absolute atomic E-state index is 0.271. The Kier molecular flexibility index (Phi) is 6.19. The van der Waals surface area contributed by atoms with E-state index in [4.69, 9.17) is 4.74 Å². The van der Waals surface area contributed by atoms with E-state index in [9.17, 15) is 9.59 Å². The first kappa shape index (κ1) is 19.0. The predicted molar refractivity (Wildman–Crippen MR) is 91.4 cm³/mol. The number of carbonyl (C=O) groups excluding carboxylic acids is 2. The van der Waals surface area contributed by atoms with E-state index in [1.165, 1.54) is 0 Å². The molecular weight excluding hydrogens is 292 g/mol. The number of hydrogen-bond donors (Lipinski definition) is 2. The van der Waals surface area contributed by atoms with E-state index in [1.807, 2.05) is 45.0 Å². The van der Waals surface area contributed by atoms with Crippen molar-refractivity contribution in [2.45, 2.75) is 46.6 Å². The fourth-order valence-electron chi connectivity index (χ4n) is 1.93. The molecule has 1 aromatic carbocycles. The molecule has 2 N–H and O–H groups in total. The molecule has 5 nitrogen and oxygen atoms in total. The van der Waals surface area contributed by atoms with Gasteiger partial charge in [0.1, 0.15) is 11.2 Å². The van der Waals surface area contributed by atoms with Crippen molar-refractivity contribution in [2.24, 2.45) is 5.41 Å². The van der Waals surface area contributed by atoms with Crippen molar-refractivity contribution in [1.82, 2.24) is 10.6 Å². The molecule has 0 spiro atoms. The molecule has 0 aliphatic heterocycles. The van der Waals surface area contributed by atoms with E-state index < -0.39 is 5.41 Å². The Balaban J connectivity index is 2.52. The molecule has 0 aliphatic carbocycles. The maximum Gasteiger partial charge on any atom is 0.235 e. The topological polar surface area (TPSA) is 67.4 Å². The van der Waals surface area contributed by atoms with Crippen LogP contribution in [0.15, 0.2) is 24.3 Å². The largest absolute Gasteiger partial charge is 0.497 e. The molecule has 1 rings (SSSR count). The van der Waals surface area contributed by atoms with Gasteiger partial charge in [-0.2, -0.15) is 0 Å². The number of methoxy groups -OCH3 is 1. The zero-order valence-corrected chi connectivity index (χ0v) is 14.9. The zero-order chi connectivity index (χ0) is 17.7. The lowest BCUT2D eigenvalue weighted by molar-refractivity contribution is -0.142. The van der Waals surface area contributed by atoms with Crippen molar-refractivity contribution < 1.29 is 14.3 Å². The zero-order valence-electron chi connectivity index (χ0n) is 14.9. The molecule has 0 bridgehead atoms. The molecule has 0 atom stereocenters. The van der Waals surface area contributed by atoms with Crippen LogP contribution >= 0.6 is 0 Å². The molecule has 128 valence electrons. The van der Waals surface area contributed by atoms with Gasteiger partial charge in [0.15, 0.2) is 0 Å². The quantitative estimate of drug-likeness (QED) is 0.790. The van der Waals surface area contributed by atoms with Gasteiger partial charge >= 0.3 is 0 Å². The van der Waals surface area contributed by atoms with Gasteiger partial charge in [0, 0.05) is 12.1 Å². The van der Waals surface area contributed by atoms with E-state index in [1.54, 1.807) is 21.0 Å². The van der Waals surface area contributed by atoms with Crippen molar-refractivity contribution in [3.63, 3.8) is 0 Å². The predicted octanol–water partition coefficient (Wildman–Crippen LogP) is 2.29. The number of ether oxygens (including phenoxy) is 1. The smallest absolute Gasteiger partial charge is 0.235 e. The van der Waals surface area contributed by atoms with Crippen LogP contribution < -0.4 is 15.4 Å². The number of nitrogens with one attached hydrogen (secondary N) is 2. The standard InChI is InChI=1S/C18H28N2O3/c1-17(2,3)20-16(22)18(4,5)15(21)19-12-11-13-7-9-14(23-6)10-8-13/h7-10H,11-12H2,1-6H3,(H,19,21)(H,20,22). The molecule has 0 saturated carbocycles. The van der Waals surface area contributed by atoms with Gasteiger partial charge in [0.05, 0.1) is 7.11 Å². The lowest BCUT2D eigenvalue weighted by atomic mass is 9.89. The highest BCUT2D eigenvalue weighted by Gasteiger charge is 2.37. The summed E-state index contributed by atoms with van der Waals surface area (Å²) >= 11 is 0. The molecule has 0 aliphatic rings. The summed E-state index contributed by atoms with van der Waals surface area (Å²) in [6.07, 6.45) is 0.701. The Labute approximate surface area is 138 Å². The van der Waals surface area contributed by atoms with Crippen LogP contribution in [0.1, 0.15) is 40.2 Å². The lowest BCUT2D eigenvalue weighted by Crippen LogP contribution is -2.53. The van der Waals surface area contributed by atoms with Crippen LogP contribution in [0.3, 0.4) is 0 Å². The van der Waals surface area contributed by atoms with Gasteiger partial charge in [-0.15, -0.1) is 0 Å². The van der Waals surface area contributed by atoms with Crippen LogP contribution in [0.2, 0.25) is 0 Å². The van der Waals surface area contributed by atoms with E-state index in [0.29, 0.717) is 13.0 Å². The van der Waals surface area contributed by atoms with Crippen LogP contribution in [-0.2, 0) is 16.0 Å². The summed E-state index contributed by atoms with van der Waals surface area (Å²) in [5.74, 6) is 0.262. The molecule has 0 heterocycles. The Bertz CT molecular complexity index is 542. The summed E-state index contributed by atoms with van der Waals surface area (Å²) in [4.78, 5) is 24.5. The first-order valence-electron chi connectivity index (χ1n) is 7.80. The lowest BCUT2D eigenvalue weighted by Gasteiger charge is -2.28. The second kappa shape index (κ2) is 7.49. The highest BCUT2D eigenvalue weighted by molar-refractivity contribution is 6.04. The minimum atomic E-state index is -1.10. The van der Waals surface area contributed by atoms with E-state index >= 15 is 0 Å². The van der Waals surface area contributed by atoms with Gasteiger partial charge in [-0.3, -0.25) is 9.59 Å². The van der Waals surface area contributed by atoms with Gasteiger partial charge in [0.2, 0.25) is 11.8 Å². The molecule has 5 heteroatoms. The number of benzene rings is 1. The number of hydrogen-bond acceptors (Lipinski definition) is 3. The summed E-state index contributed by atoms with van der Waals surface area (Å²) in [6.45, 7) is 9.43. The highest BCUT2D eigenvalue weighted by Crippen LogP contribution is 2.17. The van der Waals surface area contributed by atoms with Crippen molar-refractivity contribution >= 4 is 11.8 Å². The SMILES string of the molecule is COc1ccc(CCNC(=O)C(C)(C)C(=O)NC(C)(C)C)cc1. The third kappa shape index (κ3) is 5.93. The molecule has 0 aromatic heterocycles. The summed E-state index contributed by atoms with van der Waals surface area (Å²) < 4.78 is 5.11. The van der Waals surface area contributed by atoms with Crippen molar-refractivity contribution in [2.75, 3.05) is 13.7 Å². The Hall–Kier alpha value is -2.04. The second-order valence-electron chi connectivity index (χ2n) is 7.18. The summed E-state index contributed by atoms with van der Waals surface area (Å²) in [7, 11) is 1.62. The fourth-order valence-corrected chi connectivity index (χ4v) is 1.93. The molecule has 1 aromatic rings. The van der Waals surface area contributed by atoms with Crippen LogP contribution in [-0.4, -0.2) is 31.0 Å². The molecular formula is C18H28N2O3. The second-order valence-corrected chi connectivity index (χ2v) is 7.18. The van der Waals surface area contributed by atoms with Crippen LogP contribution in [0.5, 0.6) is 5.75 Å². The van der Waals surface area contributed by atoms with Crippen LogP contribution in [0.4, 0.5) is 0 Å². The Morgan fingerprint density at radius 3 is 2.04 bits per heavy atom. The third-order valence-corrected chi connectivity index (χ3v) is 3.48. The number of rotatable bonds is 6. The van der Waals surface area contributed by atoms with Crippen molar-refractivity contribution in [3.8, 4) is 5.75 Å². The first-order valence-corrected chi connectivity index (χ1v) is 7.80. The number of amides is 2.